The summed E-state index contributed by atoms with van der Waals surface area (Å²) in [7, 11) is 0. The first-order chi connectivity index (χ1) is 10.1. The lowest BCUT2D eigenvalue weighted by atomic mass is 9.87. The van der Waals surface area contributed by atoms with Gasteiger partial charge < -0.3 is 0 Å². The van der Waals surface area contributed by atoms with E-state index < -0.39 is 5.54 Å². The van der Waals surface area contributed by atoms with Crippen LogP contribution in [0.3, 0.4) is 0 Å². The summed E-state index contributed by atoms with van der Waals surface area (Å²) in [6.07, 6.45) is 7.24. The second-order valence-corrected chi connectivity index (χ2v) is 6.34. The van der Waals surface area contributed by atoms with E-state index in [9.17, 15) is 4.79 Å². The molecule has 2 heterocycles. The molecule has 0 atom stereocenters. The Hall–Kier alpha value is -1.74. The molecular formula is C18H22N2O. The minimum Gasteiger partial charge on any atom is -0.292 e. The normalized spacial score (nSPS) is 17.0. The number of hydrogen-bond donors (Lipinski definition) is 0. The van der Waals surface area contributed by atoms with E-state index >= 15 is 0 Å². The van der Waals surface area contributed by atoms with Crippen LogP contribution >= 0.6 is 0 Å². The Labute approximate surface area is 126 Å². The minimum absolute atomic E-state index is 0.209. The highest BCUT2D eigenvalue weighted by Gasteiger charge is 2.36. The standard InChI is InChI=1S/C18H22N2O/c1-18(2,20-11-4-3-5-12-20)17(21)16-8-6-7-14-13-19-10-9-15(14)16/h6-10,13H,3-5,11-12H2,1-2H3. The maximum atomic E-state index is 13.1. The molecule has 3 heteroatoms. The van der Waals surface area contributed by atoms with Gasteiger partial charge in [0.25, 0.3) is 0 Å². The number of hydrogen-bond acceptors (Lipinski definition) is 3. The number of pyridine rings is 1. The molecule has 1 aromatic heterocycles. The molecule has 0 aliphatic carbocycles. The van der Waals surface area contributed by atoms with Crippen molar-refractivity contribution >= 4 is 16.6 Å². The van der Waals surface area contributed by atoms with Gasteiger partial charge in [0, 0.05) is 23.3 Å². The van der Waals surface area contributed by atoms with Gasteiger partial charge in [-0.05, 0) is 51.2 Å². The number of likely N-dealkylation sites (tertiary alicyclic amines) is 1. The van der Waals surface area contributed by atoms with E-state index in [-0.39, 0.29) is 5.78 Å². The van der Waals surface area contributed by atoms with E-state index in [1.54, 1.807) is 6.20 Å². The summed E-state index contributed by atoms with van der Waals surface area (Å²) in [5.41, 5.74) is 0.364. The first-order valence-electron chi connectivity index (χ1n) is 7.73. The van der Waals surface area contributed by atoms with Crippen LogP contribution in [0, 0.1) is 0 Å². The number of carbonyl (C=O) groups is 1. The van der Waals surface area contributed by atoms with Gasteiger partial charge in [-0.15, -0.1) is 0 Å². The molecule has 0 saturated carbocycles. The van der Waals surface area contributed by atoms with Crippen LogP contribution in [-0.4, -0.2) is 34.3 Å². The molecule has 1 aliphatic rings. The second kappa shape index (κ2) is 5.57. The van der Waals surface area contributed by atoms with Crippen molar-refractivity contribution in [2.45, 2.75) is 38.6 Å². The van der Waals surface area contributed by atoms with Crippen LogP contribution in [-0.2, 0) is 0 Å². The third-order valence-electron chi connectivity index (χ3n) is 4.63. The first kappa shape index (κ1) is 14.2. The van der Waals surface area contributed by atoms with Crippen LogP contribution in [0.15, 0.2) is 36.7 Å². The molecule has 1 saturated heterocycles. The van der Waals surface area contributed by atoms with Crippen LogP contribution in [0.2, 0.25) is 0 Å². The number of carbonyl (C=O) groups excluding carboxylic acids is 1. The number of ketones is 1. The van der Waals surface area contributed by atoms with E-state index in [1.807, 2.05) is 30.5 Å². The lowest BCUT2D eigenvalue weighted by Crippen LogP contribution is -2.52. The van der Waals surface area contributed by atoms with Crippen molar-refractivity contribution in [1.29, 1.82) is 0 Å². The Morgan fingerprint density at radius 1 is 1.14 bits per heavy atom. The zero-order valence-corrected chi connectivity index (χ0v) is 12.8. The monoisotopic (exact) mass is 282 g/mol. The summed E-state index contributed by atoms with van der Waals surface area (Å²) in [6, 6.07) is 7.84. The SMILES string of the molecule is CC(C)(C(=O)c1cccc2cnccc12)N1CCCCC1. The van der Waals surface area contributed by atoms with Gasteiger partial charge in [0.05, 0.1) is 5.54 Å². The fourth-order valence-electron chi connectivity index (χ4n) is 3.25. The van der Waals surface area contributed by atoms with Crippen LogP contribution < -0.4 is 0 Å². The predicted molar refractivity (Wildman–Crippen MR) is 85.6 cm³/mol. The highest BCUT2D eigenvalue weighted by Crippen LogP contribution is 2.27. The van der Waals surface area contributed by atoms with E-state index in [4.69, 9.17) is 0 Å². The Morgan fingerprint density at radius 2 is 1.90 bits per heavy atom. The van der Waals surface area contributed by atoms with Gasteiger partial charge in [-0.3, -0.25) is 14.7 Å². The highest BCUT2D eigenvalue weighted by molar-refractivity contribution is 6.11. The quantitative estimate of drug-likeness (QED) is 0.805. The van der Waals surface area contributed by atoms with Crippen molar-refractivity contribution in [3.63, 3.8) is 0 Å². The number of aromatic nitrogens is 1. The molecule has 110 valence electrons. The lowest BCUT2D eigenvalue weighted by molar-refractivity contribution is 0.0581. The minimum atomic E-state index is -0.446. The molecule has 0 bridgehead atoms. The molecule has 21 heavy (non-hydrogen) atoms. The zero-order valence-electron chi connectivity index (χ0n) is 12.8. The maximum absolute atomic E-state index is 13.1. The van der Waals surface area contributed by atoms with Gasteiger partial charge in [-0.1, -0.05) is 24.6 Å². The molecule has 1 fully saturated rings. The van der Waals surface area contributed by atoms with Crippen molar-refractivity contribution < 1.29 is 4.79 Å². The van der Waals surface area contributed by atoms with Crippen LogP contribution in [0.25, 0.3) is 10.8 Å². The summed E-state index contributed by atoms with van der Waals surface area (Å²) in [6.45, 7) is 6.15. The van der Waals surface area contributed by atoms with E-state index in [2.05, 4.69) is 23.7 Å². The average Bonchev–Trinajstić information content (AvgIpc) is 2.54. The number of fused-ring (bicyclic) bond motifs is 1. The van der Waals surface area contributed by atoms with Crippen molar-refractivity contribution in [1.82, 2.24) is 9.88 Å². The zero-order chi connectivity index (χ0) is 14.9. The largest absolute Gasteiger partial charge is 0.292 e. The molecule has 3 nitrogen and oxygen atoms in total. The average molecular weight is 282 g/mol. The van der Waals surface area contributed by atoms with Crippen LogP contribution in [0.5, 0.6) is 0 Å². The van der Waals surface area contributed by atoms with Crippen LogP contribution in [0.1, 0.15) is 43.5 Å². The molecule has 0 unspecified atom stereocenters. The molecule has 3 rings (SSSR count). The summed E-state index contributed by atoms with van der Waals surface area (Å²) in [5, 5.41) is 2.03. The van der Waals surface area contributed by atoms with Gasteiger partial charge in [0.1, 0.15) is 0 Å². The smallest absolute Gasteiger partial charge is 0.183 e. The fourth-order valence-corrected chi connectivity index (χ4v) is 3.25. The summed E-state index contributed by atoms with van der Waals surface area (Å²) >= 11 is 0. The molecule has 0 radical (unpaired) electrons. The third kappa shape index (κ3) is 2.58. The van der Waals surface area contributed by atoms with E-state index in [0.717, 1.165) is 29.4 Å². The van der Waals surface area contributed by atoms with Crippen molar-refractivity contribution in [3.8, 4) is 0 Å². The number of nitrogens with zero attached hydrogens (tertiary/aromatic N) is 2. The van der Waals surface area contributed by atoms with Gasteiger partial charge in [0.2, 0.25) is 0 Å². The Kier molecular flexibility index (Phi) is 3.77. The Morgan fingerprint density at radius 3 is 2.67 bits per heavy atom. The van der Waals surface area contributed by atoms with E-state index in [1.165, 1.54) is 19.3 Å². The Balaban J connectivity index is 1.99. The number of rotatable bonds is 3. The molecule has 1 aliphatic heterocycles. The summed E-state index contributed by atoms with van der Waals surface area (Å²) in [5.74, 6) is 0.209. The molecule has 2 aromatic rings. The number of piperidine rings is 1. The molecule has 0 N–H and O–H groups in total. The van der Waals surface area contributed by atoms with Crippen molar-refractivity contribution in [3.05, 3.63) is 42.2 Å². The summed E-state index contributed by atoms with van der Waals surface area (Å²) in [4.78, 5) is 19.6. The molecule has 0 amide bonds. The number of Topliss-reactive ketones (excluding diaryl/α,β-unsaturated/α-hetero) is 1. The summed E-state index contributed by atoms with van der Waals surface area (Å²) < 4.78 is 0. The first-order valence-corrected chi connectivity index (χ1v) is 7.73. The maximum Gasteiger partial charge on any atom is 0.183 e. The molecule has 1 aromatic carbocycles. The van der Waals surface area contributed by atoms with Gasteiger partial charge in [0.15, 0.2) is 5.78 Å². The lowest BCUT2D eigenvalue weighted by Gasteiger charge is -2.40. The van der Waals surface area contributed by atoms with Crippen molar-refractivity contribution in [2.24, 2.45) is 0 Å². The second-order valence-electron chi connectivity index (χ2n) is 6.34. The van der Waals surface area contributed by atoms with Gasteiger partial charge >= 0.3 is 0 Å². The van der Waals surface area contributed by atoms with Crippen molar-refractivity contribution in [2.75, 3.05) is 13.1 Å². The van der Waals surface area contributed by atoms with Gasteiger partial charge in [-0.2, -0.15) is 0 Å². The van der Waals surface area contributed by atoms with Crippen LogP contribution in [0.4, 0.5) is 0 Å². The van der Waals surface area contributed by atoms with E-state index in [0.29, 0.717) is 0 Å². The molecule has 0 spiro atoms. The predicted octanol–water partition coefficient (Wildman–Crippen LogP) is 3.68. The van der Waals surface area contributed by atoms with Gasteiger partial charge in [-0.25, -0.2) is 0 Å². The number of benzene rings is 1. The topological polar surface area (TPSA) is 33.2 Å². The molecular weight excluding hydrogens is 260 g/mol. The fraction of sp³-hybridized carbons (Fsp3) is 0.444. The highest BCUT2D eigenvalue weighted by atomic mass is 16.1. The third-order valence-corrected chi connectivity index (χ3v) is 4.63. The Bertz CT molecular complexity index is 652.